The molecule has 1 N–H and O–H groups in total. The van der Waals surface area contributed by atoms with Crippen molar-refractivity contribution in [2.24, 2.45) is 5.92 Å². The summed E-state index contributed by atoms with van der Waals surface area (Å²) in [5, 5.41) is 3.35. The Labute approximate surface area is 121 Å². The van der Waals surface area contributed by atoms with Crippen molar-refractivity contribution in [3.05, 3.63) is 23.8 Å². The van der Waals surface area contributed by atoms with Gasteiger partial charge in [0.05, 0.1) is 20.3 Å². The molecule has 0 heterocycles. The molecule has 2 rings (SSSR count). The van der Waals surface area contributed by atoms with E-state index in [1.54, 1.807) is 14.2 Å². The highest BCUT2D eigenvalue weighted by Gasteiger charge is 2.20. The van der Waals surface area contributed by atoms with Gasteiger partial charge in [-0.3, -0.25) is 0 Å². The Kier molecular flexibility index (Phi) is 6.15. The van der Waals surface area contributed by atoms with Gasteiger partial charge in [0.1, 0.15) is 11.5 Å². The third kappa shape index (κ3) is 5.02. The van der Waals surface area contributed by atoms with Gasteiger partial charge in [0.15, 0.2) is 0 Å². The Morgan fingerprint density at radius 2 is 2.05 bits per heavy atom. The number of hydrogen-bond acceptors (Lipinski definition) is 4. The van der Waals surface area contributed by atoms with Crippen LogP contribution in [0.5, 0.6) is 11.5 Å². The molecule has 1 aromatic rings. The van der Waals surface area contributed by atoms with Gasteiger partial charge in [-0.25, -0.2) is 0 Å². The fourth-order valence-corrected chi connectivity index (χ4v) is 2.08. The molecule has 1 aliphatic rings. The minimum atomic E-state index is 0.716. The topological polar surface area (TPSA) is 39.7 Å². The Morgan fingerprint density at radius 3 is 2.75 bits per heavy atom. The first-order chi connectivity index (χ1) is 9.83. The Balaban J connectivity index is 1.88. The summed E-state index contributed by atoms with van der Waals surface area (Å²) in [6.45, 7) is 3.13. The van der Waals surface area contributed by atoms with Crippen molar-refractivity contribution in [2.45, 2.75) is 25.8 Å². The molecule has 1 saturated carbocycles. The third-order valence-corrected chi connectivity index (χ3v) is 3.55. The molecule has 20 heavy (non-hydrogen) atoms. The predicted molar refractivity (Wildman–Crippen MR) is 79.4 cm³/mol. The number of hydrogen-bond donors (Lipinski definition) is 1. The molecule has 1 aromatic carbocycles. The van der Waals surface area contributed by atoms with Crippen LogP contribution in [0.2, 0.25) is 0 Å². The van der Waals surface area contributed by atoms with Crippen LogP contribution < -0.4 is 14.8 Å². The molecule has 0 atom stereocenters. The molecule has 0 radical (unpaired) electrons. The largest absolute Gasteiger partial charge is 0.497 e. The van der Waals surface area contributed by atoms with Crippen LogP contribution in [0.15, 0.2) is 18.2 Å². The summed E-state index contributed by atoms with van der Waals surface area (Å²) < 4.78 is 16.2. The fraction of sp³-hybridized carbons (Fsp3) is 0.625. The van der Waals surface area contributed by atoms with Crippen LogP contribution in [0, 0.1) is 5.92 Å². The van der Waals surface area contributed by atoms with Gasteiger partial charge in [0, 0.05) is 31.8 Å². The minimum absolute atomic E-state index is 0.716. The average molecular weight is 279 g/mol. The van der Waals surface area contributed by atoms with E-state index < -0.39 is 0 Å². The minimum Gasteiger partial charge on any atom is -0.497 e. The van der Waals surface area contributed by atoms with Crippen LogP contribution in [-0.4, -0.2) is 34.0 Å². The molecule has 0 aromatic heterocycles. The summed E-state index contributed by atoms with van der Waals surface area (Å²) >= 11 is 0. The molecule has 0 spiro atoms. The second-order valence-electron chi connectivity index (χ2n) is 5.22. The smallest absolute Gasteiger partial charge is 0.127 e. The molecule has 0 amide bonds. The Hall–Kier alpha value is -1.26. The van der Waals surface area contributed by atoms with Gasteiger partial charge >= 0.3 is 0 Å². The number of methoxy groups -OCH3 is 2. The van der Waals surface area contributed by atoms with Crippen LogP contribution in [-0.2, 0) is 11.3 Å². The predicted octanol–water partition coefficient (Wildman–Crippen LogP) is 2.61. The maximum Gasteiger partial charge on any atom is 0.127 e. The van der Waals surface area contributed by atoms with Crippen molar-refractivity contribution in [1.82, 2.24) is 5.32 Å². The lowest BCUT2D eigenvalue weighted by atomic mass is 10.2. The van der Waals surface area contributed by atoms with Crippen molar-refractivity contribution in [3.63, 3.8) is 0 Å². The van der Waals surface area contributed by atoms with Crippen LogP contribution in [0.4, 0.5) is 0 Å². The highest BCUT2D eigenvalue weighted by Crippen LogP contribution is 2.33. The van der Waals surface area contributed by atoms with Crippen LogP contribution in [0.1, 0.15) is 24.8 Å². The van der Waals surface area contributed by atoms with Gasteiger partial charge in [0.2, 0.25) is 0 Å². The van der Waals surface area contributed by atoms with E-state index in [1.165, 1.54) is 12.8 Å². The second kappa shape index (κ2) is 8.12. The first-order valence-electron chi connectivity index (χ1n) is 7.33. The number of rotatable bonds is 10. The molecular weight excluding hydrogens is 254 g/mol. The highest BCUT2D eigenvalue weighted by molar-refractivity contribution is 5.40. The van der Waals surface area contributed by atoms with Gasteiger partial charge in [-0.15, -0.1) is 0 Å². The van der Waals surface area contributed by atoms with Crippen molar-refractivity contribution >= 4 is 0 Å². The van der Waals surface area contributed by atoms with Gasteiger partial charge in [-0.2, -0.15) is 0 Å². The SMILES string of the molecule is COCCNCc1ccc(OC)cc1OCCC1CC1. The number of ether oxygens (including phenoxy) is 3. The summed E-state index contributed by atoms with van der Waals surface area (Å²) in [6, 6.07) is 6.01. The van der Waals surface area contributed by atoms with E-state index in [2.05, 4.69) is 11.4 Å². The zero-order valence-corrected chi connectivity index (χ0v) is 12.5. The molecule has 4 heteroatoms. The normalized spacial score (nSPS) is 14.3. The molecule has 4 nitrogen and oxygen atoms in total. The molecule has 1 fully saturated rings. The number of benzene rings is 1. The summed E-state index contributed by atoms with van der Waals surface area (Å²) in [5.41, 5.74) is 1.16. The zero-order valence-electron chi connectivity index (χ0n) is 12.5. The molecule has 0 saturated heterocycles. The average Bonchev–Trinajstić information content (AvgIpc) is 3.29. The van der Waals surface area contributed by atoms with Gasteiger partial charge in [0.25, 0.3) is 0 Å². The van der Waals surface area contributed by atoms with E-state index in [1.807, 2.05) is 12.1 Å². The molecule has 0 aliphatic heterocycles. The van der Waals surface area contributed by atoms with Crippen molar-refractivity contribution < 1.29 is 14.2 Å². The van der Waals surface area contributed by atoms with Gasteiger partial charge in [-0.05, 0) is 18.4 Å². The second-order valence-corrected chi connectivity index (χ2v) is 5.22. The summed E-state index contributed by atoms with van der Waals surface area (Å²) in [5.74, 6) is 2.66. The standard InChI is InChI=1S/C16H25NO3/c1-18-10-8-17-12-14-5-6-15(19-2)11-16(14)20-9-7-13-3-4-13/h5-6,11,13,17H,3-4,7-10,12H2,1-2H3. The third-order valence-electron chi connectivity index (χ3n) is 3.55. The Morgan fingerprint density at radius 1 is 1.20 bits per heavy atom. The summed E-state index contributed by atoms with van der Waals surface area (Å²) in [6.07, 6.45) is 3.90. The van der Waals surface area contributed by atoms with Gasteiger partial charge < -0.3 is 19.5 Å². The lowest BCUT2D eigenvalue weighted by Gasteiger charge is -2.13. The van der Waals surface area contributed by atoms with Crippen LogP contribution in [0.3, 0.4) is 0 Å². The molecule has 112 valence electrons. The first-order valence-corrected chi connectivity index (χ1v) is 7.33. The van der Waals surface area contributed by atoms with Crippen molar-refractivity contribution in [2.75, 3.05) is 34.0 Å². The van der Waals surface area contributed by atoms with E-state index in [-0.39, 0.29) is 0 Å². The molecule has 0 unspecified atom stereocenters. The van der Waals surface area contributed by atoms with E-state index in [0.29, 0.717) is 6.61 Å². The van der Waals surface area contributed by atoms with Crippen LogP contribution in [0.25, 0.3) is 0 Å². The van der Waals surface area contributed by atoms with E-state index in [4.69, 9.17) is 14.2 Å². The quantitative estimate of drug-likeness (QED) is 0.668. The fourth-order valence-electron chi connectivity index (χ4n) is 2.08. The maximum absolute atomic E-state index is 5.94. The van der Waals surface area contributed by atoms with Crippen LogP contribution >= 0.6 is 0 Å². The lowest BCUT2D eigenvalue weighted by Crippen LogP contribution is -2.19. The van der Waals surface area contributed by atoms with E-state index >= 15 is 0 Å². The monoisotopic (exact) mass is 279 g/mol. The first kappa shape index (κ1) is 15.1. The van der Waals surface area contributed by atoms with E-state index in [0.717, 1.165) is 49.1 Å². The molecular formula is C16H25NO3. The maximum atomic E-state index is 5.94. The molecule has 0 bridgehead atoms. The number of nitrogens with one attached hydrogen (secondary N) is 1. The van der Waals surface area contributed by atoms with Gasteiger partial charge in [-0.1, -0.05) is 18.9 Å². The zero-order chi connectivity index (χ0) is 14.2. The summed E-state index contributed by atoms with van der Waals surface area (Å²) in [4.78, 5) is 0. The van der Waals surface area contributed by atoms with Crippen molar-refractivity contribution in [3.8, 4) is 11.5 Å². The summed E-state index contributed by atoms with van der Waals surface area (Å²) in [7, 11) is 3.39. The Bertz CT molecular complexity index is 405. The lowest BCUT2D eigenvalue weighted by molar-refractivity contribution is 0.199. The van der Waals surface area contributed by atoms with Crippen molar-refractivity contribution in [1.29, 1.82) is 0 Å². The van der Waals surface area contributed by atoms with E-state index in [9.17, 15) is 0 Å². The highest BCUT2D eigenvalue weighted by atomic mass is 16.5. The molecule has 1 aliphatic carbocycles.